The van der Waals surface area contributed by atoms with Crippen molar-refractivity contribution >= 4 is 80.5 Å². The van der Waals surface area contributed by atoms with Gasteiger partial charge in [-0.1, -0.05) is 141 Å². The molecule has 1 heterocycles. The Morgan fingerprint density at radius 2 is 0.977 bits per heavy atom. The van der Waals surface area contributed by atoms with Crippen molar-refractivity contribution in [1.29, 1.82) is 0 Å². The molecule has 1 aromatic heterocycles. The monoisotopic (exact) mass is 1220 g/mol. The number of para-hydroxylation sites is 1. The van der Waals surface area contributed by atoms with Crippen LogP contribution in [0.4, 0.5) is 0 Å². The van der Waals surface area contributed by atoms with Gasteiger partial charge in [-0.2, -0.15) is 0 Å². The van der Waals surface area contributed by atoms with Crippen LogP contribution < -0.4 is 54.4 Å². The first-order chi connectivity index (χ1) is 42.1. The second kappa shape index (κ2) is 32.0. The molecule has 7 rings (SSSR count). The van der Waals surface area contributed by atoms with Crippen LogP contribution >= 0.6 is 11.6 Å². The Hall–Kier alpha value is -9.15. The minimum absolute atomic E-state index is 0.0357. The van der Waals surface area contributed by atoms with Gasteiger partial charge >= 0.3 is 0 Å². The van der Waals surface area contributed by atoms with Gasteiger partial charge in [0, 0.05) is 47.8 Å². The first-order valence-corrected chi connectivity index (χ1v) is 29.7. The maximum atomic E-state index is 15.1. The highest BCUT2D eigenvalue weighted by molar-refractivity contribution is 6.30. The van der Waals surface area contributed by atoms with Crippen molar-refractivity contribution in [2.45, 2.75) is 127 Å². The first kappa shape index (κ1) is 66.4. The van der Waals surface area contributed by atoms with Crippen molar-refractivity contribution < 1.29 is 48.6 Å². The van der Waals surface area contributed by atoms with Crippen LogP contribution in [0.25, 0.3) is 21.7 Å². The Morgan fingerprint density at radius 3 is 1.57 bits per heavy atom. The van der Waals surface area contributed by atoms with E-state index >= 15 is 9.59 Å². The number of fused-ring (bicyclic) bond motifs is 2. The van der Waals surface area contributed by atoms with Crippen molar-refractivity contribution in [3.8, 4) is 5.75 Å². The molecule has 0 saturated carbocycles. The number of aromatic hydroxyl groups is 1. The summed E-state index contributed by atoms with van der Waals surface area (Å²) in [5, 5.41) is 42.9. The molecule has 0 unspecified atom stereocenters. The smallest absolute Gasteiger partial charge is 0.243 e. The molecule has 0 aliphatic heterocycles. The number of nitrogens with two attached hydrogens (primary N) is 3. The Kier molecular flexibility index (Phi) is 24.1. The zero-order valence-corrected chi connectivity index (χ0v) is 50.1. The summed E-state index contributed by atoms with van der Waals surface area (Å²) >= 11 is 6.24. The number of aliphatic hydroxyl groups excluding tert-OH is 1. The van der Waals surface area contributed by atoms with Crippen molar-refractivity contribution in [1.82, 2.24) is 42.2 Å². The number of rotatable bonds is 31. The summed E-state index contributed by atoms with van der Waals surface area (Å²) in [7, 11) is 0. The zero-order chi connectivity index (χ0) is 63.4. The van der Waals surface area contributed by atoms with E-state index in [0.717, 1.165) is 27.2 Å². The summed E-state index contributed by atoms with van der Waals surface area (Å²) in [6.07, 6.45) is 0.921. The van der Waals surface area contributed by atoms with Gasteiger partial charge in [0.1, 0.15) is 48.0 Å². The van der Waals surface area contributed by atoms with Gasteiger partial charge in [-0.05, 0) is 114 Å². The van der Waals surface area contributed by atoms with E-state index in [0.29, 0.717) is 40.1 Å². The minimum Gasteiger partial charge on any atom is -0.508 e. The highest BCUT2D eigenvalue weighted by atomic mass is 35.5. The number of phenols is 1. The number of nitrogens with one attached hydrogen (secondary N) is 8. The molecule has 6 aromatic carbocycles. The molecule has 0 radical (unpaired) electrons. The van der Waals surface area contributed by atoms with E-state index < -0.39 is 108 Å². The van der Waals surface area contributed by atoms with E-state index in [1.54, 1.807) is 86.8 Å². The molecule has 9 atom stereocenters. The molecule has 0 spiro atoms. The molecule has 22 heteroatoms. The van der Waals surface area contributed by atoms with Gasteiger partial charge < -0.3 is 69.6 Å². The van der Waals surface area contributed by atoms with Crippen LogP contribution in [0, 0.1) is 5.92 Å². The third-order valence-electron chi connectivity index (χ3n) is 15.2. The molecule has 16 N–H and O–H groups in total. The van der Waals surface area contributed by atoms with Crippen molar-refractivity contribution in [2.75, 3.05) is 6.54 Å². The van der Waals surface area contributed by atoms with Gasteiger partial charge in [-0.15, -0.1) is 0 Å². The molecular formula is C66H78ClN11O10. The second-order valence-electron chi connectivity index (χ2n) is 22.4. The molecule has 0 fully saturated rings. The molecule has 21 nitrogen and oxygen atoms in total. The number of H-pyrrole nitrogens is 1. The van der Waals surface area contributed by atoms with Crippen LogP contribution in [0.2, 0.25) is 5.02 Å². The van der Waals surface area contributed by atoms with Crippen LogP contribution in [-0.2, 0) is 70.5 Å². The summed E-state index contributed by atoms with van der Waals surface area (Å²) in [6, 6.07) is 31.6. The second-order valence-corrected chi connectivity index (χ2v) is 22.8. The number of carbonyl (C=O) groups excluding carboxylic acids is 8. The Morgan fingerprint density at radius 1 is 0.500 bits per heavy atom. The largest absolute Gasteiger partial charge is 0.508 e. The fourth-order valence-electron chi connectivity index (χ4n) is 10.2. The van der Waals surface area contributed by atoms with Gasteiger partial charge in [-0.3, -0.25) is 38.4 Å². The molecule has 8 amide bonds. The summed E-state index contributed by atoms with van der Waals surface area (Å²) in [5.74, 6) is -7.04. The number of hydrogen-bond acceptors (Lipinski definition) is 12. The molecule has 0 bridgehead atoms. The highest BCUT2D eigenvalue weighted by Gasteiger charge is 2.36. The van der Waals surface area contributed by atoms with Crippen LogP contribution in [-0.4, -0.2) is 123 Å². The van der Waals surface area contributed by atoms with Crippen LogP contribution in [0.5, 0.6) is 5.75 Å². The average molecular weight is 1220 g/mol. The van der Waals surface area contributed by atoms with Crippen molar-refractivity contribution in [3.63, 3.8) is 0 Å². The summed E-state index contributed by atoms with van der Waals surface area (Å²) in [5.41, 5.74) is 21.8. The SMILES string of the molecule is CC(C)[C@H](NC(=O)[C@H](CCCCN)NC(=O)[C@@H](Cc1c[nH]c2ccccc12)NC(=O)[C@H](Cc1ccc(O)cc1)NC(=O)[C@H](Cc1ccc(Cl)cc1)NC(=O)[C@H](N)Cc1ccc2ccccc2c1)C(=O)N[C@@H](Cc1ccccc1)C(=O)N[C@H](C(N)=O)[C@@H](C)O. The van der Waals surface area contributed by atoms with E-state index in [-0.39, 0.29) is 50.8 Å². The predicted molar refractivity (Wildman–Crippen MR) is 337 cm³/mol. The lowest BCUT2D eigenvalue weighted by Crippen LogP contribution is -2.62. The molecular weight excluding hydrogens is 1140 g/mol. The van der Waals surface area contributed by atoms with E-state index in [4.69, 9.17) is 28.8 Å². The highest BCUT2D eigenvalue weighted by Crippen LogP contribution is 2.22. The number of aliphatic hydroxyl groups is 1. The topological polar surface area (TPSA) is 355 Å². The van der Waals surface area contributed by atoms with Crippen LogP contribution in [0.3, 0.4) is 0 Å². The minimum atomic E-state index is -1.48. The number of halogens is 1. The number of aromatic amines is 1. The normalized spacial score (nSPS) is 14.4. The maximum Gasteiger partial charge on any atom is 0.243 e. The van der Waals surface area contributed by atoms with Gasteiger partial charge in [0.25, 0.3) is 0 Å². The molecule has 88 heavy (non-hydrogen) atoms. The predicted octanol–water partition coefficient (Wildman–Crippen LogP) is 3.57. The lowest BCUT2D eigenvalue weighted by Gasteiger charge is -2.29. The number of amides is 8. The molecule has 7 aromatic rings. The van der Waals surface area contributed by atoms with Gasteiger partial charge in [-0.25, -0.2) is 0 Å². The molecule has 0 aliphatic rings. The van der Waals surface area contributed by atoms with E-state index in [1.807, 2.05) is 66.7 Å². The molecule has 464 valence electrons. The maximum absolute atomic E-state index is 15.1. The summed E-state index contributed by atoms with van der Waals surface area (Å²) < 4.78 is 0. The fraction of sp³-hybridized carbons (Fsp3) is 0.333. The molecule has 0 saturated heterocycles. The van der Waals surface area contributed by atoms with Crippen LogP contribution in [0.15, 0.2) is 152 Å². The van der Waals surface area contributed by atoms with E-state index in [9.17, 15) is 39.0 Å². The first-order valence-electron chi connectivity index (χ1n) is 29.3. The lowest BCUT2D eigenvalue weighted by molar-refractivity contribution is -0.136. The zero-order valence-electron chi connectivity index (χ0n) is 49.3. The van der Waals surface area contributed by atoms with Gasteiger partial charge in [0.05, 0.1) is 12.1 Å². The standard InChI is InChI=1S/C66H78ClN11O10/c1-38(2)57(66(88)76-55(33-40-13-5-4-6-14-40)65(87)78-58(39(3)79)59(70)81)77-61(83)52(19-11-12-30-68)72-64(86)56(36-46-37-71-51-18-10-9-17-49(46)51)75-63(85)54(35-42-23-28-48(80)29-24-42)74-62(84)53(34-41-21-26-47(67)27-22-41)73-60(82)50(69)32-43-20-25-44-15-7-8-16-45(44)31-43/h4-10,13-18,20-29,31,37-39,50,52-58,71,79-80H,11-12,19,30,32-36,68-69H2,1-3H3,(H2,70,81)(H,72,86)(H,73,82)(H,74,84)(H,75,85)(H,76,88)(H,77,83)(H,78,87)/t39-,50-,52+,53+,54+,55+,56-,57+,58+/m1/s1. The average Bonchev–Trinajstić information content (AvgIpc) is 4.18. The van der Waals surface area contributed by atoms with E-state index in [2.05, 4.69) is 42.2 Å². The number of benzene rings is 6. The van der Waals surface area contributed by atoms with Crippen molar-refractivity contribution in [2.24, 2.45) is 23.1 Å². The number of hydrogen-bond donors (Lipinski definition) is 13. The summed E-state index contributed by atoms with van der Waals surface area (Å²) in [4.78, 5) is 117. The number of primary amides is 1. The molecule has 0 aliphatic carbocycles. The number of carbonyl (C=O) groups is 8. The van der Waals surface area contributed by atoms with Crippen LogP contribution in [0.1, 0.15) is 67.9 Å². The Labute approximate surface area is 515 Å². The van der Waals surface area contributed by atoms with Crippen molar-refractivity contribution in [3.05, 3.63) is 185 Å². The third-order valence-corrected chi connectivity index (χ3v) is 15.4. The summed E-state index contributed by atoms with van der Waals surface area (Å²) in [6.45, 7) is 4.88. The lowest BCUT2D eigenvalue weighted by atomic mass is 9.99. The number of unbranched alkanes of at least 4 members (excludes halogenated alkanes) is 1. The van der Waals surface area contributed by atoms with Gasteiger partial charge in [0.2, 0.25) is 47.3 Å². The Balaban J connectivity index is 1.16. The quantitative estimate of drug-likeness (QED) is 0.0278. The number of phenolic OH excluding ortho intramolecular Hbond substituents is 1. The van der Waals surface area contributed by atoms with Gasteiger partial charge in [0.15, 0.2) is 0 Å². The van der Waals surface area contributed by atoms with E-state index in [1.165, 1.54) is 19.1 Å². The third kappa shape index (κ3) is 19.2. The number of aromatic nitrogens is 1. The Bertz CT molecular complexity index is 3530. The fourth-order valence-corrected chi connectivity index (χ4v) is 10.4.